The van der Waals surface area contributed by atoms with Gasteiger partial charge in [0.2, 0.25) is 0 Å². The summed E-state index contributed by atoms with van der Waals surface area (Å²) in [5.41, 5.74) is 0.936. The zero-order valence-electron chi connectivity index (χ0n) is 20.9. The van der Waals surface area contributed by atoms with Gasteiger partial charge in [-0.15, -0.1) is 5.10 Å². The molecule has 1 aliphatic carbocycles. The largest absolute Gasteiger partial charge is 0.394 e. The first kappa shape index (κ1) is 25.9. The van der Waals surface area contributed by atoms with Gasteiger partial charge in [-0.1, -0.05) is 35.7 Å². The van der Waals surface area contributed by atoms with Crippen LogP contribution < -0.4 is 0 Å². The van der Waals surface area contributed by atoms with Gasteiger partial charge >= 0.3 is 0 Å². The van der Waals surface area contributed by atoms with E-state index in [-0.39, 0.29) is 16.8 Å². The van der Waals surface area contributed by atoms with Crippen LogP contribution >= 0.6 is 0 Å². The van der Waals surface area contributed by atoms with Crippen LogP contribution in [-0.4, -0.2) is 68.5 Å². The van der Waals surface area contributed by atoms with Crippen LogP contribution in [0.3, 0.4) is 0 Å². The average Bonchev–Trinajstić information content (AvgIpc) is 3.58. The highest BCUT2D eigenvalue weighted by atomic mass is 19.2. The third-order valence-corrected chi connectivity index (χ3v) is 7.60. The van der Waals surface area contributed by atoms with Crippen LogP contribution in [0, 0.1) is 18.6 Å². The number of ether oxygens (including phenoxy) is 2. The maximum atomic E-state index is 14.6. The summed E-state index contributed by atoms with van der Waals surface area (Å²) in [6.07, 6.45) is 4.08. The Morgan fingerprint density at radius 1 is 1.14 bits per heavy atom. The van der Waals surface area contributed by atoms with Crippen LogP contribution in [0.2, 0.25) is 0 Å². The second kappa shape index (κ2) is 10.9. The highest BCUT2D eigenvalue weighted by molar-refractivity contribution is 5.59. The highest BCUT2D eigenvalue weighted by Gasteiger charge is 2.47. The van der Waals surface area contributed by atoms with Crippen LogP contribution in [0.15, 0.2) is 28.9 Å². The molecule has 0 bridgehead atoms. The second-order valence-corrected chi connectivity index (χ2v) is 9.98. The van der Waals surface area contributed by atoms with E-state index >= 15 is 0 Å². The summed E-state index contributed by atoms with van der Waals surface area (Å²) in [6.45, 7) is 1.04. The Labute approximate surface area is 213 Å². The number of hydrogen-bond donors (Lipinski definition) is 2. The standard InChI is InChI=1S/C26H32F2N4O5/c1-14-8-9-17(23(28)22(14)27)18-12-32(31-29-18)24-25(34)21(13-33)36-20(26(24)35-2)11-16-10-19(37-30-16)15-6-4-3-5-7-15/h8-10,12,15,20-21,24-26,33-34H,3-7,11,13H2,1-2H3/t20-,21-,24+,25+,26+/m1/s1. The van der Waals surface area contributed by atoms with Crippen LogP contribution in [0.25, 0.3) is 11.3 Å². The van der Waals surface area contributed by atoms with Crippen LogP contribution in [0.4, 0.5) is 8.78 Å². The zero-order chi connectivity index (χ0) is 26.1. The number of aliphatic hydroxyl groups is 2. The summed E-state index contributed by atoms with van der Waals surface area (Å²) in [4.78, 5) is 0. The van der Waals surface area contributed by atoms with Gasteiger partial charge < -0.3 is 24.2 Å². The molecule has 37 heavy (non-hydrogen) atoms. The smallest absolute Gasteiger partial charge is 0.168 e. The third-order valence-electron chi connectivity index (χ3n) is 7.60. The number of benzene rings is 1. The molecular formula is C26H32F2N4O5. The first-order chi connectivity index (χ1) is 17.9. The van der Waals surface area contributed by atoms with E-state index < -0.39 is 48.7 Å². The third kappa shape index (κ3) is 5.05. The molecule has 0 unspecified atom stereocenters. The number of rotatable bonds is 7. The summed E-state index contributed by atoms with van der Waals surface area (Å²) < 4.78 is 47.5. The lowest BCUT2D eigenvalue weighted by Crippen LogP contribution is -2.57. The molecule has 2 aliphatic rings. The predicted octanol–water partition coefficient (Wildman–Crippen LogP) is 3.49. The van der Waals surface area contributed by atoms with E-state index in [1.807, 2.05) is 6.07 Å². The van der Waals surface area contributed by atoms with Gasteiger partial charge in [-0.25, -0.2) is 13.5 Å². The fraction of sp³-hybridized carbons (Fsp3) is 0.577. The lowest BCUT2D eigenvalue weighted by molar-refractivity contribution is -0.212. The number of aromatic nitrogens is 4. The second-order valence-electron chi connectivity index (χ2n) is 9.98. The van der Waals surface area contributed by atoms with Crippen molar-refractivity contribution in [2.24, 2.45) is 0 Å². The number of hydrogen-bond acceptors (Lipinski definition) is 8. The Bertz CT molecular complexity index is 1210. The number of halogens is 2. The molecule has 2 fully saturated rings. The lowest BCUT2D eigenvalue weighted by atomic mass is 9.87. The van der Waals surface area contributed by atoms with Gasteiger partial charge in [0.05, 0.1) is 24.6 Å². The Morgan fingerprint density at radius 2 is 1.92 bits per heavy atom. The topological polar surface area (TPSA) is 116 Å². The van der Waals surface area contributed by atoms with Crippen LogP contribution in [0.5, 0.6) is 0 Å². The van der Waals surface area contributed by atoms with Crippen molar-refractivity contribution in [3.8, 4) is 11.3 Å². The average molecular weight is 519 g/mol. The fourth-order valence-corrected chi connectivity index (χ4v) is 5.53. The van der Waals surface area contributed by atoms with Gasteiger partial charge in [0.15, 0.2) is 11.6 Å². The van der Waals surface area contributed by atoms with Gasteiger partial charge in [0, 0.05) is 31.1 Å². The number of aliphatic hydroxyl groups excluding tert-OH is 2. The monoisotopic (exact) mass is 518 g/mol. The van der Waals surface area contributed by atoms with Crippen molar-refractivity contribution in [1.29, 1.82) is 0 Å². The fourth-order valence-electron chi connectivity index (χ4n) is 5.53. The molecule has 3 heterocycles. The highest BCUT2D eigenvalue weighted by Crippen LogP contribution is 2.36. The van der Waals surface area contributed by atoms with E-state index in [2.05, 4.69) is 15.5 Å². The number of methoxy groups -OCH3 is 1. The molecule has 1 aliphatic heterocycles. The molecule has 11 heteroatoms. The predicted molar refractivity (Wildman–Crippen MR) is 128 cm³/mol. The van der Waals surface area contributed by atoms with Crippen molar-refractivity contribution < 1.29 is 33.0 Å². The molecule has 2 N–H and O–H groups in total. The maximum Gasteiger partial charge on any atom is 0.168 e. The molecule has 3 aromatic rings. The molecule has 1 saturated carbocycles. The summed E-state index contributed by atoms with van der Waals surface area (Å²) in [7, 11) is 1.49. The summed E-state index contributed by atoms with van der Waals surface area (Å²) in [5, 5.41) is 33.3. The quantitative estimate of drug-likeness (QED) is 0.489. The van der Waals surface area contributed by atoms with Crippen molar-refractivity contribution >= 4 is 0 Å². The van der Waals surface area contributed by atoms with Gasteiger partial charge in [0.1, 0.15) is 35.8 Å². The van der Waals surface area contributed by atoms with E-state index in [1.54, 1.807) is 0 Å². The minimum atomic E-state index is -1.20. The lowest BCUT2D eigenvalue weighted by Gasteiger charge is -2.43. The molecule has 1 aromatic carbocycles. The van der Waals surface area contributed by atoms with Crippen LogP contribution in [0.1, 0.15) is 61.1 Å². The molecule has 9 nitrogen and oxygen atoms in total. The first-order valence-corrected chi connectivity index (χ1v) is 12.7. The Balaban J connectivity index is 1.41. The number of aryl methyl sites for hydroxylation is 1. The van der Waals surface area contributed by atoms with E-state index in [4.69, 9.17) is 14.0 Å². The van der Waals surface area contributed by atoms with Gasteiger partial charge in [-0.05, 0) is 31.4 Å². The van der Waals surface area contributed by atoms with E-state index in [1.165, 1.54) is 56.3 Å². The SMILES string of the molecule is CO[C@@H]1[C@@H](n2cc(-c3ccc(C)c(F)c3F)nn2)[C@@H](O)[C@@H](CO)O[C@@H]1Cc1cc(C2CCCCC2)on1. The molecule has 0 amide bonds. The minimum Gasteiger partial charge on any atom is -0.394 e. The van der Waals surface area contributed by atoms with Gasteiger partial charge in [-0.2, -0.15) is 0 Å². The molecule has 5 atom stereocenters. The normalized spacial score (nSPS) is 27.0. The molecule has 0 spiro atoms. The molecule has 0 radical (unpaired) electrons. The number of nitrogens with zero attached hydrogens (tertiary/aromatic N) is 4. The molecule has 5 rings (SSSR count). The maximum absolute atomic E-state index is 14.6. The Hall–Kier alpha value is -2.73. The minimum absolute atomic E-state index is 0.0436. The van der Waals surface area contributed by atoms with Crippen molar-refractivity contribution in [2.75, 3.05) is 13.7 Å². The van der Waals surface area contributed by atoms with Crippen molar-refractivity contribution in [2.45, 2.75) is 81.8 Å². The summed E-state index contributed by atoms with van der Waals surface area (Å²) in [5.74, 6) is -0.744. The van der Waals surface area contributed by atoms with Crippen molar-refractivity contribution in [1.82, 2.24) is 20.2 Å². The molecule has 1 saturated heterocycles. The first-order valence-electron chi connectivity index (χ1n) is 12.7. The van der Waals surface area contributed by atoms with Gasteiger partial charge in [0.25, 0.3) is 0 Å². The van der Waals surface area contributed by atoms with E-state index in [0.717, 1.165) is 18.6 Å². The van der Waals surface area contributed by atoms with Crippen LogP contribution in [-0.2, 0) is 15.9 Å². The van der Waals surface area contributed by atoms with Crippen molar-refractivity contribution in [3.05, 3.63) is 53.0 Å². The van der Waals surface area contributed by atoms with E-state index in [9.17, 15) is 19.0 Å². The van der Waals surface area contributed by atoms with Gasteiger partial charge in [-0.3, -0.25) is 0 Å². The molecular weight excluding hydrogens is 486 g/mol. The molecule has 200 valence electrons. The van der Waals surface area contributed by atoms with E-state index in [0.29, 0.717) is 18.0 Å². The van der Waals surface area contributed by atoms with Crippen molar-refractivity contribution in [3.63, 3.8) is 0 Å². The summed E-state index contributed by atoms with van der Waals surface area (Å²) >= 11 is 0. The molecule has 2 aromatic heterocycles. The Kier molecular flexibility index (Phi) is 7.66. The Morgan fingerprint density at radius 3 is 2.65 bits per heavy atom. The zero-order valence-corrected chi connectivity index (χ0v) is 20.9. The summed E-state index contributed by atoms with van der Waals surface area (Å²) in [6, 6.07) is 4.03.